The summed E-state index contributed by atoms with van der Waals surface area (Å²) in [5.74, 6) is -2.06. The number of esters is 1. The van der Waals surface area contributed by atoms with Gasteiger partial charge in [0.2, 0.25) is 12.4 Å². The lowest BCUT2D eigenvalue weighted by atomic mass is 10.0. The number of pyridine rings is 1. The van der Waals surface area contributed by atoms with Gasteiger partial charge in [0.15, 0.2) is 5.82 Å². The number of hydrogen-bond acceptors (Lipinski definition) is 11. The van der Waals surface area contributed by atoms with Crippen LogP contribution >= 0.6 is 0 Å². The molecule has 1 fully saturated rings. The highest BCUT2D eigenvalue weighted by Crippen LogP contribution is 2.35. The van der Waals surface area contributed by atoms with E-state index in [1.165, 1.54) is 26.4 Å². The summed E-state index contributed by atoms with van der Waals surface area (Å²) in [6.45, 7) is 8.30. The first kappa shape index (κ1) is 38.4. The van der Waals surface area contributed by atoms with E-state index in [-0.39, 0.29) is 6.61 Å². The number of ether oxygens (including phenoxy) is 2. The molecule has 3 heterocycles. The minimum absolute atomic E-state index is 0.0674. The molecule has 0 saturated carbocycles. The lowest BCUT2D eigenvalue weighted by molar-refractivity contribution is -0.153. The Bertz CT molecular complexity index is 1520. The van der Waals surface area contributed by atoms with E-state index in [1.54, 1.807) is 29.9 Å². The number of nitrogens with two attached hydrogens (primary N) is 1. The number of carbonyl (C=O) groups is 3. The molecule has 1 aliphatic heterocycles. The number of allylic oxidation sites excluding steroid dienone is 2. The summed E-state index contributed by atoms with van der Waals surface area (Å²) in [5, 5.41) is 12.7. The highest BCUT2D eigenvalue weighted by Gasteiger charge is 2.37. The average Bonchev–Trinajstić information content (AvgIpc) is 3.65. The molecule has 0 aliphatic carbocycles. The van der Waals surface area contributed by atoms with E-state index in [0.29, 0.717) is 48.8 Å². The Hall–Kier alpha value is -4.83. The van der Waals surface area contributed by atoms with Gasteiger partial charge in [0.05, 0.1) is 24.0 Å². The molecule has 4 rings (SSSR count). The van der Waals surface area contributed by atoms with Gasteiger partial charge < -0.3 is 30.6 Å². The second kappa shape index (κ2) is 19.6. The fourth-order valence-electron chi connectivity index (χ4n) is 4.63. The maximum atomic E-state index is 14.2. The van der Waals surface area contributed by atoms with Crippen molar-refractivity contribution in [3.63, 3.8) is 0 Å². The van der Waals surface area contributed by atoms with Gasteiger partial charge in [-0.25, -0.2) is 14.1 Å². The van der Waals surface area contributed by atoms with Crippen molar-refractivity contribution in [2.24, 2.45) is 5.73 Å². The summed E-state index contributed by atoms with van der Waals surface area (Å²) in [4.78, 5) is 40.2. The number of halogens is 2. The number of benzene rings is 1. The van der Waals surface area contributed by atoms with Crippen LogP contribution in [0.1, 0.15) is 36.8 Å². The molecule has 1 aliphatic rings. The number of nitrogens with one attached hydrogen (secondary N) is 2. The molecule has 2 atom stereocenters. The molecular weight excluding hydrogens is 616 g/mol. The lowest BCUT2D eigenvalue weighted by Gasteiger charge is -2.21. The van der Waals surface area contributed by atoms with Crippen molar-refractivity contribution < 1.29 is 37.5 Å². The van der Waals surface area contributed by atoms with Crippen LogP contribution in [0, 0.1) is 18.7 Å². The number of methoxy groups -OCH3 is 1. The van der Waals surface area contributed by atoms with E-state index >= 15 is 0 Å². The van der Waals surface area contributed by atoms with Gasteiger partial charge in [0, 0.05) is 56.2 Å². The summed E-state index contributed by atoms with van der Waals surface area (Å²) in [7, 11) is 3.08. The zero-order chi connectivity index (χ0) is 34.9. The quantitative estimate of drug-likeness (QED) is 0.107. The number of nitrogens with zero attached hydrogens (tertiary/aromatic N) is 4. The van der Waals surface area contributed by atoms with Crippen LogP contribution in [0.25, 0.3) is 11.3 Å². The largest absolute Gasteiger partial charge is 0.461 e. The summed E-state index contributed by atoms with van der Waals surface area (Å²) >= 11 is 0. The molecule has 4 N–H and O–H groups in total. The highest BCUT2D eigenvalue weighted by molar-refractivity contribution is 5.78. The molecule has 13 nitrogen and oxygen atoms in total. The van der Waals surface area contributed by atoms with E-state index in [9.17, 15) is 18.4 Å². The molecule has 1 unspecified atom stereocenters. The Labute approximate surface area is 272 Å². The molecule has 1 amide bonds. The molecule has 47 heavy (non-hydrogen) atoms. The Morgan fingerprint density at radius 1 is 1.21 bits per heavy atom. The Kier molecular flexibility index (Phi) is 16.0. The predicted molar refractivity (Wildman–Crippen MR) is 172 cm³/mol. The van der Waals surface area contributed by atoms with E-state index < -0.39 is 29.9 Å². The molecule has 254 valence electrons. The van der Waals surface area contributed by atoms with E-state index in [1.807, 2.05) is 44.0 Å². The number of anilines is 1. The van der Waals surface area contributed by atoms with Crippen molar-refractivity contribution in [2.75, 3.05) is 45.8 Å². The first-order valence-corrected chi connectivity index (χ1v) is 14.4. The molecular formula is C32H41F2N7O6. The van der Waals surface area contributed by atoms with Gasteiger partial charge in [0.1, 0.15) is 25.3 Å². The number of rotatable bonds is 13. The second-order valence-corrected chi connectivity index (χ2v) is 9.92. The normalized spacial score (nSPS) is 16.3. The summed E-state index contributed by atoms with van der Waals surface area (Å²) in [6, 6.07) is 10.1. The Balaban J connectivity index is 0.00000185. The molecule has 0 spiro atoms. The zero-order valence-corrected chi connectivity index (χ0v) is 27.0. The smallest absolute Gasteiger partial charge is 0.302 e. The van der Waals surface area contributed by atoms with Crippen LogP contribution in [-0.4, -0.2) is 85.5 Å². The second-order valence-electron chi connectivity index (χ2n) is 9.92. The monoisotopic (exact) mass is 657 g/mol. The zero-order valence-electron chi connectivity index (χ0n) is 27.0. The van der Waals surface area contributed by atoms with E-state index in [0.717, 1.165) is 22.9 Å². The minimum Gasteiger partial charge on any atom is -0.461 e. The number of hydroxylamine groups is 2. The van der Waals surface area contributed by atoms with Crippen molar-refractivity contribution in [1.29, 1.82) is 0 Å². The lowest BCUT2D eigenvalue weighted by Crippen LogP contribution is -2.30. The molecule has 0 bridgehead atoms. The van der Waals surface area contributed by atoms with Crippen LogP contribution in [0.4, 0.5) is 14.6 Å². The molecule has 0 radical (unpaired) electrons. The van der Waals surface area contributed by atoms with Crippen molar-refractivity contribution in [3.8, 4) is 5.69 Å². The van der Waals surface area contributed by atoms with Gasteiger partial charge in [-0.05, 0) is 50.7 Å². The number of para-hydroxylation sites is 1. The van der Waals surface area contributed by atoms with Crippen molar-refractivity contribution in [1.82, 2.24) is 25.1 Å². The number of amides is 1. The van der Waals surface area contributed by atoms with Gasteiger partial charge in [-0.15, -0.1) is 0 Å². The fourth-order valence-corrected chi connectivity index (χ4v) is 4.63. The number of carbonyl (C=O) groups excluding carboxylic acids is 3. The van der Waals surface area contributed by atoms with Gasteiger partial charge in [0.25, 0.3) is 0 Å². The molecule has 3 aromatic rings. The average molecular weight is 658 g/mol. The van der Waals surface area contributed by atoms with Gasteiger partial charge in [-0.1, -0.05) is 18.2 Å². The van der Waals surface area contributed by atoms with E-state index in [4.69, 9.17) is 24.2 Å². The van der Waals surface area contributed by atoms with Crippen molar-refractivity contribution in [3.05, 3.63) is 89.0 Å². The van der Waals surface area contributed by atoms with Gasteiger partial charge in [-0.2, -0.15) is 14.6 Å². The summed E-state index contributed by atoms with van der Waals surface area (Å²) in [5.41, 5.74) is 8.18. The topological polar surface area (TPSA) is 163 Å². The first-order valence-electron chi connectivity index (χ1n) is 14.4. The summed E-state index contributed by atoms with van der Waals surface area (Å²) in [6.07, 6.45) is 4.38. The minimum atomic E-state index is -1.19. The van der Waals surface area contributed by atoms with Crippen LogP contribution in [0.15, 0.2) is 60.4 Å². The third-order valence-corrected chi connectivity index (χ3v) is 6.65. The third kappa shape index (κ3) is 10.6. The van der Waals surface area contributed by atoms with E-state index in [2.05, 4.69) is 21.4 Å². The highest BCUT2D eigenvalue weighted by atomic mass is 19.2. The van der Waals surface area contributed by atoms with Crippen molar-refractivity contribution >= 4 is 30.6 Å². The molecule has 1 aromatic carbocycles. The van der Waals surface area contributed by atoms with Crippen LogP contribution in [0.5, 0.6) is 0 Å². The Morgan fingerprint density at radius 3 is 2.53 bits per heavy atom. The fraction of sp³-hybridized carbons (Fsp3) is 0.344. The SMILES string of the molecule is C=O.CN.COCCN1CC(Nc2c(C)c(C(/C=C(\C)COC(C)=O)=C/NC=O)nn2-c2ccccc2)[C@H](c2cnc(F)c(F)c2)O1. The van der Waals surface area contributed by atoms with Crippen LogP contribution < -0.4 is 16.4 Å². The van der Waals surface area contributed by atoms with Gasteiger partial charge in [-0.3, -0.25) is 14.4 Å². The standard InChI is InChI=1S/C30H34F2N6O5.CH5N.CH2O/c1-19(17-42-21(3)40)12-22(14-33-18-39)27-20(2)30(38(36-27)24-8-6-5-7-9-24)35-26-16-37(10-11-41-4)43-28(26)23-13-25(31)29(32)34-15-23;2*1-2/h5-9,12-15,18,26,28,35H,10-11,16-17H2,1-4H3,(H,33,39);2H2,1H3;1H2/b19-12+,22-14+;;/t26?,28-;;/m0../s1. The number of aromatic nitrogens is 3. The molecule has 2 aromatic heterocycles. The predicted octanol–water partition coefficient (Wildman–Crippen LogP) is 3.26. The summed E-state index contributed by atoms with van der Waals surface area (Å²) < 4.78 is 39.9. The van der Waals surface area contributed by atoms with Crippen LogP contribution in [-0.2, 0) is 28.7 Å². The van der Waals surface area contributed by atoms with Crippen molar-refractivity contribution in [2.45, 2.75) is 32.9 Å². The maximum Gasteiger partial charge on any atom is 0.302 e. The van der Waals surface area contributed by atoms with Gasteiger partial charge >= 0.3 is 5.97 Å². The van der Waals surface area contributed by atoms with Crippen LogP contribution in [0.3, 0.4) is 0 Å². The molecule has 15 heteroatoms. The van der Waals surface area contributed by atoms with Crippen LogP contribution in [0.2, 0.25) is 0 Å². The molecule has 1 saturated heterocycles. The first-order chi connectivity index (χ1) is 22.7. The number of hydrogen-bond donors (Lipinski definition) is 3. The third-order valence-electron chi connectivity index (χ3n) is 6.65. The Morgan fingerprint density at radius 2 is 1.91 bits per heavy atom. The maximum absolute atomic E-state index is 14.2.